The topological polar surface area (TPSA) is 55.6 Å². The number of benzene rings is 1. The summed E-state index contributed by atoms with van der Waals surface area (Å²) in [5.74, 6) is 1.62. The van der Waals surface area contributed by atoms with Crippen molar-refractivity contribution >= 4 is 17.5 Å². The normalized spacial score (nSPS) is 20.5. The summed E-state index contributed by atoms with van der Waals surface area (Å²) in [5, 5.41) is 4.09. The van der Waals surface area contributed by atoms with Gasteiger partial charge in [-0.1, -0.05) is 48.9 Å². The van der Waals surface area contributed by atoms with Crippen LogP contribution in [0.1, 0.15) is 54.8 Å². The van der Waals surface area contributed by atoms with Crippen molar-refractivity contribution < 1.29 is 18.4 Å². The molecule has 150 valence electrons. The van der Waals surface area contributed by atoms with Gasteiger partial charge in [-0.15, -0.1) is 0 Å². The van der Waals surface area contributed by atoms with Crippen LogP contribution in [0.25, 0.3) is 0 Å². The van der Waals surface area contributed by atoms with Gasteiger partial charge in [-0.25, -0.2) is 4.39 Å². The maximum atomic E-state index is 13.1. The first-order valence-corrected chi connectivity index (χ1v) is 10.3. The van der Waals surface area contributed by atoms with E-state index in [0.29, 0.717) is 23.1 Å². The lowest BCUT2D eigenvalue weighted by Gasteiger charge is -2.27. The van der Waals surface area contributed by atoms with Gasteiger partial charge in [-0.05, 0) is 36.5 Å². The average molecular weight is 407 g/mol. The lowest BCUT2D eigenvalue weighted by molar-refractivity contribution is 0.0769. The van der Waals surface area contributed by atoms with E-state index in [4.69, 9.17) is 20.9 Å². The van der Waals surface area contributed by atoms with Gasteiger partial charge < -0.3 is 14.2 Å². The Morgan fingerprint density at radius 3 is 2.82 bits per heavy atom. The molecule has 4 rings (SSSR count). The zero-order valence-electron chi connectivity index (χ0n) is 15.7. The maximum Gasteiger partial charge on any atom is 0.276 e. The molecule has 0 bridgehead atoms. The van der Waals surface area contributed by atoms with Crippen molar-refractivity contribution in [3.05, 3.63) is 46.6 Å². The van der Waals surface area contributed by atoms with E-state index in [1.807, 2.05) is 4.90 Å². The molecule has 0 N–H and O–H groups in total. The van der Waals surface area contributed by atoms with E-state index in [-0.39, 0.29) is 17.5 Å². The van der Waals surface area contributed by atoms with Crippen LogP contribution in [0.2, 0.25) is 5.02 Å². The number of halogens is 2. The predicted molar refractivity (Wildman–Crippen MR) is 103 cm³/mol. The molecule has 28 heavy (non-hydrogen) atoms. The van der Waals surface area contributed by atoms with E-state index in [1.165, 1.54) is 50.3 Å². The van der Waals surface area contributed by atoms with E-state index in [0.717, 1.165) is 25.4 Å². The standard InChI is InChI=1S/C21H24ClFN2O3/c22-18-10-16(23)6-7-20(18)27-13-17-11-19(24-28-17)21(26)25-9-8-15(12-25)14-4-2-1-3-5-14/h6-7,10-11,14-15H,1-5,8-9,12-13H2. The summed E-state index contributed by atoms with van der Waals surface area (Å²) in [6.45, 7) is 1.66. The fourth-order valence-corrected chi connectivity index (χ4v) is 4.57. The van der Waals surface area contributed by atoms with Gasteiger partial charge in [0.2, 0.25) is 0 Å². The number of amides is 1. The molecule has 1 aromatic heterocycles. The Morgan fingerprint density at radius 2 is 2.04 bits per heavy atom. The van der Waals surface area contributed by atoms with Gasteiger partial charge in [-0.3, -0.25) is 4.79 Å². The molecule has 0 radical (unpaired) electrons. The monoisotopic (exact) mass is 406 g/mol. The molecular formula is C21H24ClFN2O3. The van der Waals surface area contributed by atoms with Crippen LogP contribution in [0.3, 0.4) is 0 Å². The second kappa shape index (κ2) is 8.52. The Labute approximate surface area is 168 Å². The number of aromatic nitrogens is 1. The average Bonchev–Trinajstić information content (AvgIpc) is 3.37. The van der Waals surface area contributed by atoms with Gasteiger partial charge in [0, 0.05) is 19.2 Å². The third-order valence-electron chi connectivity index (χ3n) is 5.87. The minimum absolute atomic E-state index is 0.0658. The summed E-state index contributed by atoms with van der Waals surface area (Å²) in [6.07, 6.45) is 7.65. The maximum absolute atomic E-state index is 13.1. The van der Waals surface area contributed by atoms with Crippen LogP contribution in [0, 0.1) is 17.7 Å². The lowest BCUT2D eigenvalue weighted by Crippen LogP contribution is -2.30. The molecule has 7 heteroatoms. The van der Waals surface area contributed by atoms with E-state index < -0.39 is 5.82 Å². The molecule has 1 aliphatic heterocycles. The third-order valence-corrected chi connectivity index (χ3v) is 6.17. The van der Waals surface area contributed by atoms with Crippen LogP contribution >= 0.6 is 11.6 Å². The van der Waals surface area contributed by atoms with E-state index in [2.05, 4.69) is 5.16 Å². The van der Waals surface area contributed by atoms with Gasteiger partial charge >= 0.3 is 0 Å². The molecule has 2 aliphatic rings. The first-order chi connectivity index (χ1) is 13.6. The van der Waals surface area contributed by atoms with Crippen molar-refractivity contribution in [2.75, 3.05) is 13.1 Å². The smallest absolute Gasteiger partial charge is 0.276 e. The number of hydrogen-bond donors (Lipinski definition) is 0. The number of hydrogen-bond acceptors (Lipinski definition) is 4. The quantitative estimate of drug-likeness (QED) is 0.694. The predicted octanol–water partition coefficient (Wildman–Crippen LogP) is 5.09. The van der Waals surface area contributed by atoms with Crippen molar-refractivity contribution in [3.63, 3.8) is 0 Å². The molecule has 2 heterocycles. The van der Waals surface area contributed by atoms with Gasteiger partial charge in [-0.2, -0.15) is 0 Å². The summed E-state index contributed by atoms with van der Waals surface area (Å²) in [4.78, 5) is 14.6. The molecule has 2 aromatic rings. The number of ether oxygens (including phenoxy) is 1. The molecule has 1 unspecified atom stereocenters. The number of carbonyl (C=O) groups is 1. The van der Waals surface area contributed by atoms with Crippen LogP contribution in [-0.2, 0) is 6.61 Å². The van der Waals surface area contributed by atoms with Crippen molar-refractivity contribution in [2.24, 2.45) is 11.8 Å². The van der Waals surface area contributed by atoms with Crippen molar-refractivity contribution in [1.29, 1.82) is 0 Å². The van der Waals surface area contributed by atoms with Crippen molar-refractivity contribution in [3.8, 4) is 5.75 Å². The Balaban J connectivity index is 1.33. The number of rotatable bonds is 5. The Hall–Kier alpha value is -2.08. The summed E-state index contributed by atoms with van der Waals surface area (Å²) in [6, 6.07) is 5.51. The van der Waals surface area contributed by atoms with Gasteiger partial charge in [0.1, 0.15) is 18.2 Å². The number of nitrogens with zero attached hydrogens (tertiary/aromatic N) is 2. The van der Waals surface area contributed by atoms with Gasteiger partial charge in [0.05, 0.1) is 5.02 Å². The van der Waals surface area contributed by atoms with Crippen LogP contribution in [0.5, 0.6) is 5.75 Å². The van der Waals surface area contributed by atoms with E-state index in [1.54, 1.807) is 6.07 Å². The van der Waals surface area contributed by atoms with Crippen LogP contribution < -0.4 is 4.74 Å². The number of likely N-dealkylation sites (tertiary alicyclic amines) is 1. The van der Waals surface area contributed by atoms with Gasteiger partial charge in [0.25, 0.3) is 5.91 Å². The van der Waals surface area contributed by atoms with Crippen LogP contribution in [0.15, 0.2) is 28.8 Å². The van der Waals surface area contributed by atoms with Crippen LogP contribution in [0.4, 0.5) is 4.39 Å². The molecule has 5 nitrogen and oxygen atoms in total. The van der Waals surface area contributed by atoms with Gasteiger partial charge in [0.15, 0.2) is 11.5 Å². The zero-order valence-corrected chi connectivity index (χ0v) is 16.5. The Morgan fingerprint density at radius 1 is 1.21 bits per heavy atom. The first-order valence-electron chi connectivity index (χ1n) is 9.93. The zero-order chi connectivity index (χ0) is 19.5. The molecule has 1 saturated heterocycles. The van der Waals surface area contributed by atoms with Crippen molar-refractivity contribution in [2.45, 2.75) is 45.1 Å². The molecule has 2 fully saturated rings. The molecule has 1 amide bonds. The third kappa shape index (κ3) is 4.32. The molecular weight excluding hydrogens is 383 g/mol. The fourth-order valence-electron chi connectivity index (χ4n) is 4.35. The molecule has 1 aliphatic carbocycles. The minimum Gasteiger partial charge on any atom is -0.484 e. The first kappa shape index (κ1) is 19.2. The minimum atomic E-state index is -0.429. The second-order valence-corrected chi connectivity index (χ2v) is 8.15. The SMILES string of the molecule is O=C(c1cc(COc2ccc(F)cc2Cl)on1)N1CCC(C2CCCCC2)C1. The van der Waals surface area contributed by atoms with E-state index >= 15 is 0 Å². The summed E-state index contributed by atoms with van der Waals surface area (Å²) < 4.78 is 23.9. The fraction of sp³-hybridized carbons (Fsp3) is 0.524. The molecule has 0 spiro atoms. The van der Waals surface area contributed by atoms with E-state index in [9.17, 15) is 9.18 Å². The Kier molecular flexibility index (Phi) is 5.85. The summed E-state index contributed by atoms with van der Waals surface area (Å²) >= 11 is 5.94. The highest BCUT2D eigenvalue weighted by atomic mass is 35.5. The highest BCUT2D eigenvalue weighted by Gasteiger charge is 2.33. The second-order valence-electron chi connectivity index (χ2n) is 7.74. The lowest BCUT2D eigenvalue weighted by atomic mass is 9.80. The molecule has 1 aromatic carbocycles. The van der Waals surface area contributed by atoms with Crippen LogP contribution in [-0.4, -0.2) is 29.1 Å². The molecule has 1 saturated carbocycles. The largest absolute Gasteiger partial charge is 0.484 e. The van der Waals surface area contributed by atoms with Crippen molar-refractivity contribution in [1.82, 2.24) is 10.1 Å². The summed E-state index contributed by atoms with van der Waals surface area (Å²) in [5.41, 5.74) is 0.299. The summed E-state index contributed by atoms with van der Waals surface area (Å²) in [7, 11) is 0. The Bertz CT molecular complexity index is 835. The molecule has 1 atom stereocenters. The highest BCUT2D eigenvalue weighted by molar-refractivity contribution is 6.32. The highest BCUT2D eigenvalue weighted by Crippen LogP contribution is 2.35. The number of carbonyl (C=O) groups excluding carboxylic acids is 1.